The molecule has 0 heterocycles. The lowest BCUT2D eigenvalue weighted by molar-refractivity contribution is 1.10. The van der Waals surface area contributed by atoms with Crippen molar-refractivity contribution in [2.45, 2.75) is 53.4 Å². The number of benzene rings is 1. The average molecular weight is 218 g/mol. The molecule has 1 rings (SSSR count). The van der Waals surface area contributed by atoms with Crippen molar-refractivity contribution in [2.24, 2.45) is 0 Å². The van der Waals surface area contributed by atoms with E-state index < -0.39 is 0 Å². The third kappa shape index (κ3) is 7.28. The van der Waals surface area contributed by atoms with Crippen LogP contribution < -0.4 is 0 Å². The van der Waals surface area contributed by atoms with Crippen molar-refractivity contribution in [3.8, 4) is 0 Å². The Kier molecular flexibility index (Phi) is 9.80. The largest absolute Gasteiger partial charge is 0.0888 e. The van der Waals surface area contributed by atoms with E-state index in [-0.39, 0.29) is 0 Å². The van der Waals surface area contributed by atoms with Gasteiger partial charge in [-0.25, -0.2) is 0 Å². The first-order valence-corrected chi connectivity index (χ1v) is 6.51. The SMILES string of the molecule is CCC=CCC.CCc1ccc(CC)cc1. The first-order valence-electron chi connectivity index (χ1n) is 6.51. The zero-order valence-electron chi connectivity index (χ0n) is 11.3. The van der Waals surface area contributed by atoms with Gasteiger partial charge in [-0.2, -0.15) is 0 Å². The maximum Gasteiger partial charge on any atom is -0.0307 e. The summed E-state index contributed by atoms with van der Waals surface area (Å²) in [6, 6.07) is 8.83. The van der Waals surface area contributed by atoms with Crippen molar-refractivity contribution in [1.82, 2.24) is 0 Å². The second-order valence-electron chi connectivity index (χ2n) is 3.81. The first kappa shape index (κ1) is 15.0. The van der Waals surface area contributed by atoms with Gasteiger partial charge in [0.2, 0.25) is 0 Å². The van der Waals surface area contributed by atoms with Crippen molar-refractivity contribution >= 4 is 0 Å². The van der Waals surface area contributed by atoms with Crippen LogP contribution in [0.3, 0.4) is 0 Å². The van der Waals surface area contributed by atoms with E-state index in [2.05, 4.69) is 64.1 Å². The molecule has 1 aromatic carbocycles. The highest BCUT2D eigenvalue weighted by Gasteiger charge is 1.88. The van der Waals surface area contributed by atoms with Crippen LogP contribution in [0.25, 0.3) is 0 Å². The summed E-state index contributed by atoms with van der Waals surface area (Å²) in [5.41, 5.74) is 2.86. The van der Waals surface area contributed by atoms with Gasteiger partial charge in [0.25, 0.3) is 0 Å². The highest BCUT2D eigenvalue weighted by molar-refractivity contribution is 5.22. The van der Waals surface area contributed by atoms with Gasteiger partial charge in [-0.1, -0.05) is 64.1 Å². The Labute approximate surface area is 101 Å². The summed E-state index contributed by atoms with van der Waals surface area (Å²) in [6.45, 7) is 8.65. The summed E-state index contributed by atoms with van der Waals surface area (Å²) in [5, 5.41) is 0. The standard InChI is InChI=1S/C10H14.C6H12/c1-3-9-5-7-10(4-2)8-6-9;1-3-5-6-4-2/h5-8H,3-4H2,1-2H3;5-6H,3-4H2,1-2H3. The van der Waals surface area contributed by atoms with Gasteiger partial charge in [-0.05, 0) is 36.8 Å². The fourth-order valence-electron chi connectivity index (χ4n) is 1.34. The van der Waals surface area contributed by atoms with E-state index in [4.69, 9.17) is 0 Å². The Morgan fingerprint density at radius 3 is 1.19 bits per heavy atom. The van der Waals surface area contributed by atoms with Gasteiger partial charge in [-0.3, -0.25) is 0 Å². The molecular formula is C16H26. The lowest BCUT2D eigenvalue weighted by atomic mass is 10.1. The van der Waals surface area contributed by atoms with Crippen molar-refractivity contribution in [3.63, 3.8) is 0 Å². The summed E-state index contributed by atoms with van der Waals surface area (Å²) in [4.78, 5) is 0. The van der Waals surface area contributed by atoms with Crippen LogP contribution in [0.15, 0.2) is 36.4 Å². The van der Waals surface area contributed by atoms with Crippen LogP contribution in [0.4, 0.5) is 0 Å². The molecule has 0 saturated carbocycles. The normalized spacial score (nSPS) is 10.0. The van der Waals surface area contributed by atoms with E-state index in [9.17, 15) is 0 Å². The molecule has 0 aliphatic carbocycles. The molecule has 0 fully saturated rings. The van der Waals surface area contributed by atoms with E-state index in [1.165, 1.54) is 24.0 Å². The minimum absolute atomic E-state index is 1.14. The summed E-state index contributed by atoms with van der Waals surface area (Å²) in [5.74, 6) is 0. The van der Waals surface area contributed by atoms with Crippen molar-refractivity contribution in [3.05, 3.63) is 47.5 Å². The third-order valence-electron chi connectivity index (χ3n) is 2.48. The molecule has 0 bridgehead atoms. The molecule has 0 N–H and O–H groups in total. The molecule has 0 radical (unpaired) electrons. The molecule has 0 aliphatic rings. The van der Waals surface area contributed by atoms with Gasteiger partial charge in [-0.15, -0.1) is 0 Å². The Morgan fingerprint density at radius 2 is 1.00 bits per heavy atom. The van der Waals surface area contributed by atoms with Gasteiger partial charge in [0.15, 0.2) is 0 Å². The molecular weight excluding hydrogens is 192 g/mol. The molecule has 0 saturated heterocycles. The molecule has 0 aliphatic heterocycles. The van der Waals surface area contributed by atoms with E-state index in [1.54, 1.807) is 0 Å². The Hall–Kier alpha value is -1.04. The summed E-state index contributed by atoms with van der Waals surface area (Å²) >= 11 is 0. The minimum atomic E-state index is 1.14. The third-order valence-corrected chi connectivity index (χ3v) is 2.48. The van der Waals surface area contributed by atoms with Crippen LogP contribution in [0.1, 0.15) is 51.7 Å². The zero-order valence-corrected chi connectivity index (χ0v) is 11.3. The Balaban J connectivity index is 0.000000325. The van der Waals surface area contributed by atoms with Gasteiger partial charge >= 0.3 is 0 Å². The minimum Gasteiger partial charge on any atom is -0.0888 e. The number of hydrogen-bond acceptors (Lipinski definition) is 0. The quantitative estimate of drug-likeness (QED) is 0.611. The molecule has 0 unspecified atom stereocenters. The lowest BCUT2D eigenvalue weighted by Crippen LogP contribution is -1.81. The molecule has 90 valence electrons. The van der Waals surface area contributed by atoms with Crippen molar-refractivity contribution in [2.75, 3.05) is 0 Å². The predicted octanol–water partition coefficient (Wildman–Crippen LogP) is 5.17. The van der Waals surface area contributed by atoms with E-state index in [0.29, 0.717) is 0 Å². The fraction of sp³-hybridized carbons (Fsp3) is 0.500. The van der Waals surface area contributed by atoms with Gasteiger partial charge in [0.05, 0.1) is 0 Å². The summed E-state index contributed by atoms with van der Waals surface area (Å²) in [7, 11) is 0. The van der Waals surface area contributed by atoms with Crippen LogP contribution >= 0.6 is 0 Å². The van der Waals surface area contributed by atoms with Crippen LogP contribution in [0.5, 0.6) is 0 Å². The van der Waals surface area contributed by atoms with Crippen LogP contribution in [0.2, 0.25) is 0 Å². The summed E-state index contributed by atoms with van der Waals surface area (Å²) < 4.78 is 0. The molecule has 0 atom stereocenters. The number of hydrogen-bond donors (Lipinski definition) is 0. The van der Waals surface area contributed by atoms with Crippen LogP contribution in [-0.2, 0) is 12.8 Å². The lowest BCUT2D eigenvalue weighted by Gasteiger charge is -1.97. The highest BCUT2D eigenvalue weighted by atomic mass is 13.9. The van der Waals surface area contributed by atoms with E-state index >= 15 is 0 Å². The smallest absolute Gasteiger partial charge is 0.0307 e. The van der Waals surface area contributed by atoms with Gasteiger partial charge in [0.1, 0.15) is 0 Å². The summed E-state index contributed by atoms with van der Waals surface area (Å²) in [6.07, 6.45) is 9.00. The molecule has 0 heteroatoms. The first-order chi connectivity index (χ1) is 7.78. The molecule has 16 heavy (non-hydrogen) atoms. The van der Waals surface area contributed by atoms with Crippen LogP contribution in [-0.4, -0.2) is 0 Å². The maximum absolute atomic E-state index is 2.21. The molecule has 1 aromatic rings. The number of allylic oxidation sites excluding steroid dienone is 2. The second kappa shape index (κ2) is 10.5. The van der Waals surface area contributed by atoms with E-state index in [0.717, 1.165) is 12.8 Å². The van der Waals surface area contributed by atoms with Gasteiger partial charge in [0, 0.05) is 0 Å². The topological polar surface area (TPSA) is 0 Å². The van der Waals surface area contributed by atoms with Gasteiger partial charge < -0.3 is 0 Å². The molecule has 0 aromatic heterocycles. The Bertz CT molecular complexity index is 238. The van der Waals surface area contributed by atoms with Crippen LogP contribution in [0, 0.1) is 0 Å². The molecule has 0 amide bonds. The van der Waals surface area contributed by atoms with Crippen molar-refractivity contribution in [1.29, 1.82) is 0 Å². The highest BCUT2D eigenvalue weighted by Crippen LogP contribution is 2.04. The monoisotopic (exact) mass is 218 g/mol. The number of rotatable bonds is 4. The fourth-order valence-corrected chi connectivity index (χ4v) is 1.34. The second-order valence-corrected chi connectivity index (χ2v) is 3.81. The molecule has 0 spiro atoms. The Morgan fingerprint density at radius 1 is 0.688 bits per heavy atom. The van der Waals surface area contributed by atoms with Crippen molar-refractivity contribution < 1.29 is 0 Å². The predicted molar refractivity (Wildman–Crippen MR) is 74.9 cm³/mol. The zero-order chi connectivity index (χ0) is 12.2. The molecule has 0 nitrogen and oxygen atoms in total. The average Bonchev–Trinajstić information content (AvgIpc) is 2.37. The maximum atomic E-state index is 2.21. The van der Waals surface area contributed by atoms with E-state index in [1.807, 2.05) is 0 Å². The number of aryl methyl sites for hydroxylation is 2.